The lowest BCUT2D eigenvalue weighted by molar-refractivity contribution is -0.159. The maximum Gasteiger partial charge on any atom is 0.471 e. The van der Waals surface area contributed by atoms with Gasteiger partial charge in [-0.05, 0) is 23.4 Å². The molecule has 1 radical (unpaired) electrons. The predicted octanol–water partition coefficient (Wildman–Crippen LogP) is 2.11. The molecular formula is C10H6F3N4O2. The summed E-state index contributed by atoms with van der Waals surface area (Å²) in [6.07, 6.45) is -4.79. The van der Waals surface area contributed by atoms with E-state index in [1.807, 2.05) is 0 Å². The molecule has 0 aliphatic heterocycles. The van der Waals surface area contributed by atoms with E-state index in [1.54, 1.807) is 0 Å². The number of nitrogens with zero attached hydrogens (tertiary/aromatic N) is 3. The lowest BCUT2D eigenvalue weighted by atomic mass is 10.3. The van der Waals surface area contributed by atoms with E-state index in [4.69, 9.17) is 5.73 Å². The number of benzene rings is 1. The number of carbonyl (C=O) groups is 1. The van der Waals surface area contributed by atoms with Crippen molar-refractivity contribution >= 4 is 17.7 Å². The Balaban J connectivity index is 2.41. The van der Waals surface area contributed by atoms with Gasteiger partial charge in [0.25, 0.3) is 5.95 Å². The Morgan fingerprint density at radius 2 is 2.00 bits per heavy atom. The Kier molecular flexibility index (Phi) is 3.11. The first kappa shape index (κ1) is 12.9. The monoisotopic (exact) mass is 271 g/mol. The molecule has 0 spiro atoms. The van der Waals surface area contributed by atoms with Crippen molar-refractivity contribution < 1.29 is 22.5 Å². The molecule has 0 saturated heterocycles. The lowest BCUT2D eigenvalue weighted by Gasteiger charge is -2.15. The number of urea groups is 1. The van der Waals surface area contributed by atoms with Gasteiger partial charge in [-0.2, -0.15) is 18.2 Å². The summed E-state index contributed by atoms with van der Waals surface area (Å²) in [4.78, 5) is 15.1. The van der Waals surface area contributed by atoms with E-state index in [0.29, 0.717) is 4.90 Å². The highest BCUT2D eigenvalue weighted by atomic mass is 19.4. The zero-order chi connectivity index (χ0) is 14.0. The van der Waals surface area contributed by atoms with Crippen LogP contribution in [0, 0.1) is 6.07 Å². The van der Waals surface area contributed by atoms with Crippen molar-refractivity contribution in [2.45, 2.75) is 6.18 Å². The van der Waals surface area contributed by atoms with Crippen LogP contribution >= 0.6 is 0 Å². The first-order valence-corrected chi connectivity index (χ1v) is 4.86. The first-order chi connectivity index (χ1) is 8.89. The SMILES string of the molecule is NC(=O)N(c1cc[c]cc1)c1noc(C(F)(F)F)n1. The first-order valence-electron chi connectivity index (χ1n) is 4.86. The Labute approximate surface area is 104 Å². The number of aromatic nitrogens is 2. The Hall–Kier alpha value is -2.58. The molecule has 2 amide bonds. The quantitative estimate of drug-likeness (QED) is 0.906. The molecule has 0 aliphatic rings. The normalized spacial score (nSPS) is 11.3. The fraction of sp³-hybridized carbons (Fsp3) is 0.100. The summed E-state index contributed by atoms with van der Waals surface area (Å²) in [5, 5.41) is 3.09. The van der Waals surface area contributed by atoms with Crippen LogP contribution in [0.4, 0.5) is 29.6 Å². The molecule has 1 heterocycles. The highest BCUT2D eigenvalue weighted by Crippen LogP contribution is 2.30. The van der Waals surface area contributed by atoms with Crippen molar-refractivity contribution in [2.75, 3.05) is 4.90 Å². The second-order valence-electron chi connectivity index (χ2n) is 3.33. The molecule has 0 unspecified atom stereocenters. The predicted molar refractivity (Wildman–Crippen MR) is 56.3 cm³/mol. The van der Waals surface area contributed by atoms with Crippen LogP contribution in [0.2, 0.25) is 0 Å². The number of anilines is 2. The molecule has 0 fully saturated rings. The molecule has 6 nitrogen and oxygen atoms in total. The molecule has 1 aromatic carbocycles. The van der Waals surface area contributed by atoms with E-state index in [9.17, 15) is 18.0 Å². The molecule has 2 N–H and O–H groups in total. The van der Waals surface area contributed by atoms with Gasteiger partial charge in [0.2, 0.25) is 0 Å². The minimum atomic E-state index is -4.79. The van der Waals surface area contributed by atoms with Gasteiger partial charge in [0.15, 0.2) is 0 Å². The minimum Gasteiger partial charge on any atom is -0.351 e. The van der Waals surface area contributed by atoms with Gasteiger partial charge >= 0.3 is 18.1 Å². The summed E-state index contributed by atoms with van der Waals surface area (Å²) < 4.78 is 41.0. The van der Waals surface area contributed by atoms with E-state index < -0.39 is 24.0 Å². The van der Waals surface area contributed by atoms with E-state index in [1.165, 1.54) is 24.3 Å². The van der Waals surface area contributed by atoms with E-state index in [-0.39, 0.29) is 5.69 Å². The zero-order valence-corrected chi connectivity index (χ0v) is 9.18. The molecule has 0 bridgehead atoms. The fourth-order valence-corrected chi connectivity index (χ4v) is 1.29. The number of hydrogen-bond acceptors (Lipinski definition) is 4. The van der Waals surface area contributed by atoms with Crippen LogP contribution in [0.1, 0.15) is 5.89 Å². The Morgan fingerprint density at radius 1 is 1.37 bits per heavy atom. The third kappa shape index (κ3) is 2.64. The van der Waals surface area contributed by atoms with Gasteiger partial charge in [0.1, 0.15) is 0 Å². The van der Waals surface area contributed by atoms with Crippen molar-refractivity contribution in [3.8, 4) is 0 Å². The van der Waals surface area contributed by atoms with Gasteiger partial charge in [0, 0.05) is 0 Å². The topological polar surface area (TPSA) is 85.3 Å². The molecule has 2 aromatic rings. The summed E-state index contributed by atoms with van der Waals surface area (Å²) >= 11 is 0. The summed E-state index contributed by atoms with van der Waals surface area (Å²) in [6, 6.07) is 7.37. The largest absolute Gasteiger partial charge is 0.471 e. The summed E-state index contributed by atoms with van der Waals surface area (Å²) in [6.45, 7) is 0. The van der Waals surface area contributed by atoms with Crippen LogP contribution in [-0.2, 0) is 6.18 Å². The van der Waals surface area contributed by atoms with Crippen molar-refractivity contribution in [3.63, 3.8) is 0 Å². The Morgan fingerprint density at radius 3 is 2.47 bits per heavy atom. The number of hydrogen-bond donors (Lipinski definition) is 1. The zero-order valence-electron chi connectivity index (χ0n) is 9.18. The smallest absolute Gasteiger partial charge is 0.351 e. The third-order valence-corrected chi connectivity index (χ3v) is 2.04. The van der Waals surface area contributed by atoms with Crippen LogP contribution < -0.4 is 10.6 Å². The summed E-state index contributed by atoms with van der Waals surface area (Å²) in [5.41, 5.74) is 5.29. The molecule has 1 aromatic heterocycles. The van der Waals surface area contributed by atoms with Gasteiger partial charge in [-0.1, -0.05) is 12.1 Å². The molecule has 9 heteroatoms. The average Bonchev–Trinajstić information content (AvgIpc) is 2.79. The summed E-state index contributed by atoms with van der Waals surface area (Å²) in [7, 11) is 0. The fourth-order valence-electron chi connectivity index (χ4n) is 1.29. The standard InChI is InChI=1S/C10H6F3N4O2/c11-10(12,13)7-15-9(16-19-7)17(8(14)18)6-4-2-1-3-5-6/h2-5H,(H2,14,18). The van der Waals surface area contributed by atoms with Crippen LogP contribution in [0.3, 0.4) is 0 Å². The molecule has 19 heavy (non-hydrogen) atoms. The van der Waals surface area contributed by atoms with Crippen molar-refractivity contribution in [1.82, 2.24) is 10.1 Å². The van der Waals surface area contributed by atoms with Gasteiger partial charge in [-0.15, -0.1) is 0 Å². The van der Waals surface area contributed by atoms with E-state index in [0.717, 1.165) is 0 Å². The number of primary amides is 1. The van der Waals surface area contributed by atoms with E-state index in [2.05, 4.69) is 20.7 Å². The number of carbonyl (C=O) groups excluding carboxylic acids is 1. The van der Waals surface area contributed by atoms with Gasteiger partial charge in [0.05, 0.1) is 5.69 Å². The molecule has 0 atom stereocenters. The second-order valence-corrected chi connectivity index (χ2v) is 3.33. The second kappa shape index (κ2) is 4.59. The molecular weight excluding hydrogens is 265 g/mol. The van der Waals surface area contributed by atoms with Gasteiger partial charge in [-0.3, -0.25) is 0 Å². The highest BCUT2D eigenvalue weighted by molar-refractivity contribution is 5.96. The van der Waals surface area contributed by atoms with Gasteiger partial charge in [-0.25, -0.2) is 9.69 Å². The third-order valence-electron chi connectivity index (χ3n) is 2.04. The number of nitrogens with two attached hydrogens (primary N) is 1. The van der Waals surface area contributed by atoms with Crippen molar-refractivity contribution in [2.24, 2.45) is 5.73 Å². The van der Waals surface area contributed by atoms with E-state index >= 15 is 0 Å². The summed E-state index contributed by atoms with van der Waals surface area (Å²) in [5.74, 6) is -2.15. The van der Waals surface area contributed by atoms with Crippen LogP contribution in [-0.4, -0.2) is 16.2 Å². The number of halogens is 3. The van der Waals surface area contributed by atoms with Crippen LogP contribution in [0.5, 0.6) is 0 Å². The van der Waals surface area contributed by atoms with Crippen LogP contribution in [0.15, 0.2) is 28.8 Å². The maximum atomic E-state index is 12.3. The Bertz CT molecular complexity index is 582. The number of amides is 2. The average molecular weight is 271 g/mol. The van der Waals surface area contributed by atoms with Crippen LogP contribution in [0.25, 0.3) is 0 Å². The molecule has 0 aliphatic carbocycles. The lowest BCUT2D eigenvalue weighted by Crippen LogP contribution is -2.32. The highest BCUT2D eigenvalue weighted by Gasteiger charge is 2.39. The number of rotatable bonds is 2. The number of alkyl halides is 3. The molecule has 0 saturated carbocycles. The van der Waals surface area contributed by atoms with Gasteiger partial charge < -0.3 is 10.3 Å². The maximum absolute atomic E-state index is 12.3. The molecule has 99 valence electrons. The minimum absolute atomic E-state index is 0.195. The molecule has 2 rings (SSSR count). The van der Waals surface area contributed by atoms with Crippen molar-refractivity contribution in [3.05, 3.63) is 36.2 Å². The van der Waals surface area contributed by atoms with Crippen molar-refractivity contribution in [1.29, 1.82) is 0 Å².